The summed E-state index contributed by atoms with van der Waals surface area (Å²) in [5.74, 6) is -0.554. The van der Waals surface area contributed by atoms with Crippen LogP contribution in [0.15, 0.2) is 12.1 Å². The summed E-state index contributed by atoms with van der Waals surface area (Å²) >= 11 is 11.5. The molecule has 1 heterocycles. The number of rotatable bonds is 8. The van der Waals surface area contributed by atoms with E-state index in [1.54, 1.807) is 12.1 Å². The predicted octanol–water partition coefficient (Wildman–Crippen LogP) is 2.26. The Labute approximate surface area is 163 Å². The number of pyridine rings is 1. The van der Waals surface area contributed by atoms with Crippen LogP contribution in [0, 0.1) is 5.41 Å². The van der Waals surface area contributed by atoms with Crippen LogP contribution in [-0.4, -0.2) is 29.5 Å². The molecule has 1 rings (SSSR count). The maximum atomic E-state index is 11.8. The van der Waals surface area contributed by atoms with Gasteiger partial charge in [0.2, 0.25) is 0 Å². The molecule has 0 unspecified atom stereocenters. The van der Waals surface area contributed by atoms with Crippen molar-refractivity contribution in [1.82, 2.24) is 10.3 Å². The Morgan fingerprint density at radius 2 is 1.88 bits per heavy atom. The van der Waals surface area contributed by atoms with Crippen LogP contribution in [0.5, 0.6) is 0 Å². The number of aromatic nitrogens is 1. The number of hydrogen-bond acceptors (Lipinski definition) is 5. The van der Waals surface area contributed by atoms with Gasteiger partial charge in [-0.2, -0.15) is 0 Å². The fourth-order valence-corrected chi connectivity index (χ4v) is 2.19. The standard InChI is InChI=1S/C13H19Cl2N5O2.2ClH/c14-10-5-8(6-11(15)20-10)7-22-12(21)9(16)3-1-2-4-19-13(17)18;;/h5-6,9H,1-4,7,16H2,(H4,17,18,19);2*1H/t9-;;/m0../s1. The highest BCUT2D eigenvalue weighted by atomic mass is 35.5. The minimum absolute atomic E-state index is 0. The van der Waals surface area contributed by atoms with Crippen molar-refractivity contribution >= 4 is 59.9 Å². The number of carbonyl (C=O) groups is 1. The molecule has 1 aromatic heterocycles. The normalized spacial score (nSPS) is 10.8. The SMILES string of the molecule is Cl.Cl.N=C(N)NCCCC[C@H](N)C(=O)OCc1cc(Cl)nc(Cl)c1. The summed E-state index contributed by atoms with van der Waals surface area (Å²) in [5.41, 5.74) is 11.6. The number of carbonyl (C=O) groups excluding carboxylic acids is 1. The molecule has 0 amide bonds. The summed E-state index contributed by atoms with van der Waals surface area (Å²) in [7, 11) is 0. The lowest BCUT2D eigenvalue weighted by atomic mass is 10.1. The third-order valence-corrected chi connectivity index (χ3v) is 3.15. The van der Waals surface area contributed by atoms with Gasteiger partial charge in [0.15, 0.2) is 5.96 Å². The van der Waals surface area contributed by atoms with Crippen molar-refractivity contribution in [1.29, 1.82) is 5.41 Å². The zero-order valence-corrected chi connectivity index (χ0v) is 15.9. The van der Waals surface area contributed by atoms with E-state index < -0.39 is 12.0 Å². The molecule has 0 saturated carbocycles. The van der Waals surface area contributed by atoms with Gasteiger partial charge in [0.25, 0.3) is 0 Å². The van der Waals surface area contributed by atoms with Crippen molar-refractivity contribution in [3.63, 3.8) is 0 Å². The first kappa shape index (κ1) is 25.3. The number of unbranched alkanes of at least 4 members (excludes halogenated alkanes) is 1. The van der Waals surface area contributed by atoms with Crippen molar-refractivity contribution in [2.75, 3.05) is 6.54 Å². The predicted molar refractivity (Wildman–Crippen MR) is 100 cm³/mol. The van der Waals surface area contributed by atoms with Gasteiger partial charge in [0, 0.05) is 6.54 Å². The Morgan fingerprint density at radius 1 is 1.29 bits per heavy atom. The number of nitrogens with two attached hydrogens (primary N) is 2. The number of nitrogens with zero attached hydrogens (tertiary/aromatic N) is 1. The monoisotopic (exact) mass is 419 g/mol. The first-order valence-electron chi connectivity index (χ1n) is 6.70. The van der Waals surface area contributed by atoms with Crippen LogP contribution in [0.2, 0.25) is 10.3 Å². The second kappa shape index (κ2) is 13.3. The van der Waals surface area contributed by atoms with Gasteiger partial charge < -0.3 is 21.5 Å². The van der Waals surface area contributed by atoms with E-state index in [-0.39, 0.29) is 47.7 Å². The van der Waals surface area contributed by atoms with Gasteiger partial charge in [-0.15, -0.1) is 24.8 Å². The minimum atomic E-state index is -0.690. The fourth-order valence-electron chi connectivity index (χ4n) is 1.69. The first-order chi connectivity index (χ1) is 10.4. The summed E-state index contributed by atoms with van der Waals surface area (Å²) in [6.07, 6.45) is 1.98. The van der Waals surface area contributed by atoms with Crippen LogP contribution in [0.4, 0.5) is 0 Å². The molecule has 0 radical (unpaired) electrons. The van der Waals surface area contributed by atoms with E-state index in [4.69, 9.17) is 44.8 Å². The van der Waals surface area contributed by atoms with Gasteiger partial charge in [0.1, 0.15) is 23.0 Å². The van der Waals surface area contributed by atoms with E-state index >= 15 is 0 Å². The molecule has 6 N–H and O–H groups in total. The van der Waals surface area contributed by atoms with E-state index in [9.17, 15) is 4.79 Å². The largest absolute Gasteiger partial charge is 0.460 e. The van der Waals surface area contributed by atoms with Crippen molar-refractivity contribution in [3.05, 3.63) is 28.0 Å². The highest BCUT2D eigenvalue weighted by molar-refractivity contribution is 6.32. The quantitative estimate of drug-likeness (QED) is 0.168. The van der Waals surface area contributed by atoms with Crippen LogP contribution in [0.3, 0.4) is 0 Å². The molecule has 0 aliphatic carbocycles. The molecule has 0 spiro atoms. The summed E-state index contributed by atoms with van der Waals surface area (Å²) in [4.78, 5) is 15.6. The van der Waals surface area contributed by atoms with Crippen molar-refractivity contribution in [3.8, 4) is 0 Å². The van der Waals surface area contributed by atoms with Crippen LogP contribution in [-0.2, 0) is 16.1 Å². The molecule has 24 heavy (non-hydrogen) atoms. The number of guanidine groups is 1. The lowest BCUT2D eigenvalue weighted by Gasteiger charge is -2.12. The lowest BCUT2D eigenvalue weighted by Crippen LogP contribution is -2.33. The Kier molecular flexibility index (Phi) is 14.0. The summed E-state index contributed by atoms with van der Waals surface area (Å²) < 4.78 is 5.12. The van der Waals surface area contributed by atoms with E-state index in [2.05, 4.69) is 10.3 Å². The summed E-state index contributed by atoms with van der Waals surface area (Å²) in [5, 5.41) is 10.1. The van der Waals surface area contributed by atoms with E-state index in [0.29, 0.717) is 18.5 Å². The second-order valence-electron chi connectivity index (χ2n) is 4.67. The molecule has 1 atom stereocenters. The Morgan fingerprint density at radius 3 is 2.42 bits per heavy atom. The zero-order chi connectivity index (χ0) is 16.5. The van der Waals surface area contributed by atoms with E-state index in [0.717, 1.165) is 12.8 Å². The third-order valence-electron chi connectivity index (χ3n) is 2.76. The van der Waals surface area contributed by atoms with Crippen LogP contribution >= 0.6 is 48.0 Å². The number of esters is 1. The van der Waals surface area contributed by atoms with Gasteiger partial charge in [-0.05, 0) is 37.0 Å². The Hall–Kier alpha value is -0.990. The Balaban J connectivity index is 0. The lowest BCUT2D eigenvalue weighted by molar-refractivity contribution is -0.146. The Bertz CT molecular complexity index is 513. The topological polar surface area (TPSA) is 127 Å². The molecular formula is C13H21Cl4N5O2. The highest BCUT2D eigenvalue weighted by Crippen LogP contribution is 2.15. The maximum absolute atomic E-state index is 11.8. The average molecular weight is 421 g/mol. The van der Waals surface area contributed by atoms with Gasteiger partial charge in [-0.1, -0.05) is 23.2 Å². The maximum Gasteiger partial charge on any atom is 0.323 e. The zero-order valence-electron chi connectivity index (χ0n) is 12.8. The highest BCUT2D eigenvalue weighted by Gasteiger charge is 2.15. The molecular weight excluding hydrogens is 400 g/mol. The molecule has 0 aliphatic rings. The number of halogens is 4. The van der Waals surface area contributed by atoms with Crippen LogP contribution < -0.4 is 16.8 Å². The van der Waals surface area contributed by atoms with Gasteiger partial charge in [-0.25, -0.2) is 4.98 Å². The molecule has 0 fully saturated rings. The molecule has 0 bridgehead atoms. The number of hydrogen-bond donors (Lipinski definition) is 4. The van der Waals surface area contributed by atoms with E-state index in [1.807, 2.05) is 0 Å². The molecule has 0 aromatic carbocycles. The molecule has 0 aliphatic heterocycles. The van der Waals surface area contributed by atoms with Crippen molar-refractivity contribution < 1.29 is 9.53 Å². The van der Waals surface area contributed by atoms with Gasteiger partial charge >= 0.3 is 5.97 Å². The van der Waals surface area contributed by atoms with E-state index in [1.165, 1.54) is 0 Å². The van der Waals surface area contributed by atoms with Crippen molar-refractivity contribution in [2.24, 2.45) is 11.5 Å². The molecule has 138 valence electrons. The smallest absolute Gasteiger partial charge is 0.323 e. The first-order valence-corrected chi connectivity index (χ1v) is 7.46. The second-order valence-corrected chi connectivity index (χ2v) is 5.45. The average Bonchev–Trinajstić information content (AvgIpc) is 2.42. The van der Waals surface area contributed by atoms with Gasteiger partial charge in [-0.3, -0.25) is 10.2 Å². The van der Waals surface area contributed by atoms with Crippen LogP contribution in [0.25, 0.3) is 0 Å². The number of ether oxygens (including phenoxy) is 1. The minimum Gasteiger partial charge on any atom is -0.460 e. The number of nitrogens with one attached hydrogen (secondary N) is 2. The summed E-state index contributed by atoms with van der Waals surface area (Å²) in [6, 6.07) is 2.45. The molecule has 7 nitrogen and oxygen atoms in total. The van der Waals surface area contributed by atoms with Crippen LogP contribution in [0.1, 0.15) is 24.8 Å². The molecule has 11 heteroatoms. The molecule has 0 saturated heterocycles. The van der Waals surface area contributed by atoms with Crippen molar-refractivity contribution in [2.45, 2.75) is 31.9 Å². The molecule has 1 aromatic rings. The fraction of sp³-hybridized carbons (Fsp3) is 0.462. The summed E-state index contributed by atoms with van der Waals surface area (Å²) in [6.45, 7) is 0.617. The third kappa shape index (κ3) is 10.7. The van der Waals surface area contributed by atoms with Gasteiger partial charge in [0.05, 0.1) is 0 Å².